The van der Waals surface area contributed by atoms with Crippen molar-refractivity contribution >= 4 is 0 Å². The van der Waals surface area contributed by atoms with Gasteiger partial charge in [-0.3, -0.25) is 4.68 Å². The highest BCUT2D eigenvalue weighted by Crippen LogP contribution is 2.48. The molecule has 1 saturated carbocycles. The second-order valence-corrected chi connectivity index (χ2v) is 5.42. The van der Waals surface area contributed by atoms with E-state index in [1.54, 1.807) is 16.9 Å². The van der Waals surface area contributed by atoms with E-state index in [0.29, 0.717) is 5.92 Å². The molecule has 0 aliphatic heterocycles. The van der Waals surface area contributed by atoms with Crippen molar-refractivity contribution in [2.75, 3.05) is 0 Å². The predicted octanol–water partition coefficient (Wildman–Crippen LogP) is 2.56. The van der Waals surface area contributed by atoms with Gasteiger partial charge in [0.15, 0.2) is 0 Å². The summed E-state index contributed by atoms with van der Waals surface area (Å²) in [5, 5.41) is 24.3. The third kappa shape index (κ3) is 2.15. The predicted molar refractivity (Wildman–Crippen MR) is 68.5 cm³/mol. The van der Waals surface area contributed by atoms with Gasteiger partial charge in [0.25, 0.3) is 0 Å². The quantitative estimate of drug-likeness (QED) is 0.893. The van der Waals surface area contributed by atoms with Gasteiger partial charge in [0, 0.05) is 13.2 Å². The van der Waals surface area contributed by atoms with Gasteiger partial charge < -0.3 is 5.11 Å². The van der Waals surface area contributed by atoms with Crippen LogP contribution in [0.25, 0.3) is 0 Å². The van der Waals surface area contributed by atoms with E-state index in [1.165, 1.54) is 6.42 Å². The largest absolute Gasteiger partial charge is 0.385 e. The van der Waals surface area contributed by atoms with E-state index < -0.39 is 11.5 Å². The lowest BCUT2D eigenvalue weighted by Crippen LogP contribution is -2.34. The highest BCUT2D eigenvalue weighted by atomic mass is 16.3. The van der Waals surface area contributed by atoms with E-state index in [4.69, 9.17) is 0 Å². The number of aliphatic hydroxyl groups excluding tert-OH is 1. The van der Waals surface area contributed by atoms with Crippen LogP contribution in [0.5, 0.6) is 0 Å². The van der Waals surface area contributed by atoms with Gasteiger partial charge in [-0.05, 0) is 24.8 Å². The van der Waals surface area contributed by atoms with Crippen molar-refractivity contribution in [2.45, 2.75) is 45.1 Å². The molecule has 0 saturated heterocycles. The summed E-state index contributed by atoms with van der Waals surface area (Å²) >= 11 is 0. The summed E-state index contributed by atoms with van der Waals surface area (Å²) in [7, 11) is 1.81. The van der Waals surface area contributed by atoms with Crippen LogP contribution in [0, 0.1) is 22.7 Å². The third-order valence-corrected chi connectivity index (χ3v) is 4.35. The molecule has 3 atom stereocenters. The highest BCUT2D eigenvalue weighted by Gasteiger charge is 2.43. The first-order valence-electron chi connectivity index (χ1n) is 6.70. The van der Waals surface area contributed by atoms with Crippen molar-refractivity contribution in [3.8, 4) is 6.07 Å². The Morgan fingerprint density at radius 1 is 1.72 bits per heavy atom. The number of aliphatic hydroxyl groups is 1. The Morgan fingerprint density at radius 2 is 2.50 bits per heavy atom. The van der Waals surface area contributed by atoms with Crippen molar-refractivity contribution in [3.05, 3.63) is 18.0 Å². The van der Waals surface area contributed by atoms with Gasteiger partial charge in [0.1, 0.15) is 6.10 Å². The van der Waals surface area contributed by atoms with Crippen LogP contribution in [-0.4, -0.2) is 14.9 Å². The molecule has 1 aromatic rings. The molecule has 1 heterocycles. The molecule has 2 rings (SSSR count). The van der Waals surface area contributed by atoms with Crippen molar-refractivity contribution in [1.29, 1.82) is 5.26 Å². The Hall–Kier alpha value is -1.34. The van der Waals surface area contributed by atoms with E-state index >= 15 is 0 Å². The number of aryl methyl sites for hydroxylation is 1. The van der Waals surface area contributed by atoms with Crippen molar-refractivity contribution in [1.82, 2.24) is 9.78 Å². The number of hydrogen-bond donors (Lipinski definition) is 1. The van der Waals surface area contributed by atoms with Gasteiger partial charge in [0.05, 0.1) is 17.2 Å². The van der Waals surface area contributed by atoms with Gasteiger partial charge in [-0.2, -0.15) is 10.4 Å². The molecule has 1 aliphatic rings. The molecule has 18 heavy (non-hydrogen) atoms. The third-order valence-electron chi connectivity index (χ3n) is 4.35. The van der Waals surface area contributed by atoms with Crippen molar-refractivity contribution < 1.29 is 5.11 Å². The summed E-state index contributed by atoms with van der Waals surface area (Å²) in [6, 6.07) is 4.21. The monoisotopic (exact) mass is 247 g/mol. The minimum absolute atomic E-state index is 0.557. The molecular formula is C14H21N3O. The number of nitriles is 1. The van der Waals surface area contributed by atoms with Gasteiger partial charge in [0.2, 0.25) is 0 Å². The maximum atomic E-state index is 10.6. The zero-order valence-corrected chi connectivity index (χ0v) is 11.1. The van der Waals surface area contributed by atoms with Crippen LogP contribution in [0.4, 0.5) is 0 Å². The maximum Gasteiger partial charge on any atom is 0.114 e. The normalized spacial score (nSPS) is 29.8. The van der Waals surface area contributed by atoms with Crippen LogP contribution >= 0.6 is 0 Å². The average molecular weight is 247 g/mol. The molecule has 4 heteroatoms. The van der Waals surface area contributed by atoms with Crippen LogP contribution in [-0.2, 0) is 7.05 Å². The first kappa shape index (κ1) is 13.1. The standard InChI is InChI=1S/C14H21N3O/c1-3-11-5-4-7-14(9-11,10-15)13(18)12-6-8-16-17(12)2/h6,8,11,13,18H,3-5,7,9H2,1-2H3. The van der Waals surface area contributed by atoms with Crippen LogP contribution in [0.1, 0.15) is 50.8 Å². The van der Waals surface area contributed by atoms with Crippen LogP contribution in [0.2, 0.25) is 0 Å². The van der Waals surface area contributed by atoms with Crippen LogP contribution in [0.3, 0.4) is 0 Å². The van der Waals surface area contributed by atoms with E-state index in [2.05, 4.69) is 18.1 Å². The fraction of sp³-hybridized carbons (Fsp3) is 0.714. The first-order valence-corrected chi connectivity index (χ1v) is 6.70. The minimum Gasteiger partial charge on any atom is -0.385 e. The highest BCUT2D eigenvalue weighted by molar-refractivity contribution is 5.16. The Morgan fingerprint density at radius 3 is 3.06 bits per heavy atom. The summed E-state index contributed by atoms with van der Waals surface area (Å²) in [4.78, 5) is 0. The number of rotatable bonds is 3. The topological polar surface area (TPSA) is 61.8 Å². The summed E-state index contributed by atoms with van der Waals surface area (Å²) in [5.41, 5.74) is 0.112. The molecule has 3 unspecified atom stereocenters. The Bertz CT molecular complexity index is 448. The van der Waals surface area contributed by atoms with Crippen molar-refractivity contribution in [3.63, 3.8) is 0 Å². The van der Waals surface area contributed by atoms with Gasteiger partial charge >= 0.3 is 0 Å². The average Bonchev–Trinajstić information content (AvgIpc) is 2.84. The lowest BCUT2D eigenvalue weighted by Gasteiger charge is -2.38. The molecule has 0 spiro atoms. The molecule has 1 fully saturated rings. The molecule has 0 radical (unpaired) electrons. The summed E-state index contributed by atoms with van der Waals surface area (Å²) in [6.45, 7) is 2.16. The molecule has 1 aromatic heterocycles. The van der Waals surface area contributed by atoms with Crippen LogP contribution < -0.4 is 0 Å². The molecule has 98 valence electrons. The zero-order valence-electron chi connectivity index (χ0n) is 11.1. The van der Waals surface area contributed by atoms with Gasteiger partial charge in [-0.25, -0.2) is 0 Å². The van der Waals surface area contributed by atoms with Crippen LogP contribution in [0.15, 0.2) is 12.3 Å². The lowest BCUT2D eigenvalue weighted by molar-refractivity contribution is 0.0132. The van der Waals surface area contributed by atoms with Gasteiger partial charge in [-0.1, -0.05) is 26.2 Å². The smallest absolute Gasteiger partial charge is 0.114 e. The molecule has 4 nitrogen and oxygen atoms in total. The maximum absolute atomic E-state index is 10.6. The van der Waals surface area contributed by atoms with Crippen molar-refractivity contribution in [2.24, 2.45) is 18.4 Å². The Labute approximate surface area is 108 Å². The molecule has 0 bridgehead atoms. The summed E-state index contributed by atoms with van der Waals surface area (Å²) < 4.78 is 1.67. The fourth-order valence-electron chi connectivity index (χ4n) is 3.12. The van der Waals surface area contributed by atoms with E-state index in [9.17, 15) is 10.4 Å². The number of nitrogens with zero attached hydrogens (tertiary/aromatic N) is 3. The minimum atomic E-state index is -0.732. The second kappa shape index (κ2) is 5.11. The second-order valence-electron chi connectivity index (χ2n) is 5.42. The zero-order chi connectivity index (χ0) is 13.2. The summed E-state index contributed by atoms with van der Waals surface area (Å²) in [6.07, 6.45) is 5.81. The lowest BCUT2D eigenvalue weighted by atomic mass is 9.66. The first-order chi connectivity index (χ1) is 8.63. The fourth-order valence-corrected chi connectivity index (χ4v) is 3.12. The molecule has 1 N–H and O–H groups in total. The van der Waals surface area contributed by atoms with E-state index in [-0.39, 0.29) is 0 Å². The molecule has 1 aliphatic carbocycles. The Kier molecular flexibility index (Phi) is 3.72. The summed E-state index contributed by atoms with van der Waals surface area (Å²) in [5.74, 6) is 0.557. The number of hydrogen-bond acceptors (Lipinski definition) is 3. The number of aromatic nitrogens is 2. The van der Waals surface area contributed by atoms with E-state index in [0.717, 1.165) is 31.4 Å². The molecular weight excluding hydrogens is 226 g/mol. The molecule has 0 amide bonds. The Balaban J connectivity index is 2.27. The SMILES string of the molecule is CCC1CCCC(C#N)(C(O)c2ccnn2C)C1. The molecule has 0 aromatic carbocycles. The van der Waals surface area contributed by atoms with E-state index in [1.807, 2.05) is 7.05 Å². The van der Waals surface area contributed by atoms with Gasteiger partial charge in [-0.15, -0.1) is 0 Å².